The number of hydrogen-bond acceptors (Lipinski definition) is 4. The highest BCUT2D eigenvalue weighted by atomic mass is 16.3. The van der Waals surface area contributed by atoms with Gasteiger partial charge in [0.2, 0.25) is 0 Å². The first-order chi connectivity index (χ1) is 6.77. The van der Waals surface area contributed by atoms with Gasteiger partial charge in [-0.1, -0.05) is 6.07 Å². The number of rotatable bonds is 5. The van der Waals surface area contributed by atoms with Crippen molar-refractivity contribution in [3.8, 4) is 0 Å². The van der Waals surface area contributed by atoms with Gasteiger partial charge in [0, 0.05) is 20.1 Å². The molecule has 0 fully saturated rings. The zero-order valence-electron chi connectivity index (χ0n) is 8.70. The largest absolute Gasteiger partial charge is 0.395 e. The molecule has 0 radical (unpaired) electrons. The molecule has 78 valence electrons. The molecule has 0 aliphatic rings. The second kappa shape index (κ2) is 5.44. The molecule has 14 heavy (non-hydrogen) atoms. The van der Waals surface area contributed by atoms with Gasteiger partial charge in [0.25, 0.3) is 0 Å². The topological polar surface area (TPSA) is 48.4 Å². The summed E-state index contributed by atoms with van der Waals surface area (Å²) in [5.41, 5.74) is 0. The Kier molecular flexibility index (Phi) is 4.19. The molecule has 0 aromatic carbocycles. The van der Waals surface area contributed by atoms with Crippen LogP contribution in [0.1, 0.15) is 6.92 Å². The molecule has 0 amide bonds. The predicted octanol–water partition coefficient (Wildman–Crippen LogP) is 0.942. The molecule has 1 rings (SSSR count). The zero-order valence-corrected chi connectivity index (χ0v) is 8.70. The van der Waals surface area contributed by atoms with E-state index in [9.17, 15) is 0 Å². The Morgan fingerprint density at radius 3 is 2.93 bits per heavy atom. The second-order valence-corrected chi connectivity index (χ2v) is 3.06. The summed E-state index contributed by atoms with van der Waals surface area (Å²) in [6.07, 6.45) is 0. The van der Waals surface area contributed by atoms with Crippen molar-refractivity contribution in [3.63, 3.8) is 0 Å². The van der Waals surface area contributed by atoms with E-state index < -0.39 is 0 Å². The molecule has 4 heteroatoms. The third kappa shape index (κ3) is 2.88. The normalized spacial score (nSPS) is 9.93. The van der Waals surface area contributed by atoms with Crippen LogP contribution in [-0.2, 0) is 0 Å². The molecule has 1 aromatic rings. The molecule has 0 unspecified atom stereocenters. The quantitative estimate of drug-likeness (QED) is 0.734. The molecule has 1 heterocycles. The van der Waals surface area contributed by atoms with Crippen molar-refractivity contribution < 1.29 is 5.11 Å². The highest BCUT2D eigenvalue weighted by molar-refractivity contribution is 5.46. The molecule has 0 aliphatic heterocycles. The van der Waals surface area contributed by atoms with Crippen LogP contribution in [0.5, 0.6) is 0 Å². The first-order valence-corrected chi connectivity index (χ1v) is 4.81. The number of hydrogen-bond donors (Lipinski definition) is 2. The molecule has 0 saturated carbocycles. The Balaban J connectivity index is 2.71. The molecule has 0 saturated heterocycles. The van der Waals surface area contributed by atoms with Gasteiger partial charge < -0.3 is 15.3 Å². The Hall–Kier alpha value is -1.29. The lowest BCUT2D eigenvalue weighted by molar-refractivity contribution is 0.304. The highest BCUT2D eigenvalue weighted by Crippen LogP contribution is 2.11. The minimum Gasteiger partial charge on any atom is -0.395 e. The van der Waals surface area contributed by atoms with E-state index in [1.807, 2.05) is 37.1 Å². The molecule has 4 nitrogen and oxygen atoms in total. The summed E-state index contributed by atoms with van der Waals surface area (Å²) in [5, 5.41) is 11.9. The van der Waals surface area contributed by atoms with E-state index in [1.54, 1.807) is 0 Å². The van der Waals surface area contributed by atoms with Gasteiger partial charge in [-0.15, -0.1) is 0 Å². The van der Waals surface area contributed by atoms with Crippen molar-refractivity contribution >= 4 is 11.6 Å². The average Bonchev–Trinajstić information content (AvgIpc) is 2.19. The van der Waals surface area contributed by atoms with E-state index in [0.29, 0.717) is 6.54 Å². The summed E-state index contributed by atoms with van der Waals surface area (Å²) >= 11 is 0. The van der Waals surface area contributed by atoms with Crippen LogP contribution in [0, 0.1) is 0 Å². The first kappa shape index (κ1) is 10.8. The van der Waals surface area contributed by atoms with E-state index in [4.69, 9.17) is 5.11 Å². The van der Waals surface area contributed by atoms with Crippen LogP contribution >= 0.6 is 0 Å². The van der Waals surface area contributed by atoms with Gasteiger partial charge in [-0.25, -0.2) is 4.98 Å². The molecule has 1 aromatic heterocycles. The van der Waals surface area contributed by atoms with Crippen molar-refractivity contribution in [2.75, 3.05) is 37.0 Å². The highest BCUT2D eigenvalue weighted by Gasteiger charge is 2.01. The van der Waals surface area contributed by atoms with Crippen molar-refractivity contribution in [3.05, 3.63) is 18.2 Å². The molecule has 0 bridgehead atoms. The van der Waals surface area contributed by atoms with Crippen LogP contribution in [0.3, 0.4) is 0 Å². The lowest BCUT2D eigenvalue weighted by Gasteiger charge is -2.17. The smallest absolute Gasteiger partial charge is 0.130 e. The monoisotopic (exact) mass is 195 g/mol. The number of likely N-dealkylation sites (N-methyl/N-ethyl adjacent to an activating group) is 1. The Morgan fingerprint density at radius 1 is 1.50 bits per heavy atom. The van der Waals surface area contributed by atoms with Gasteiger partial charge in [-0.3, -0.25) is 0 Å². The number of aliphatic hydroxyl groups excluding tert-OH is 1. The second-order valence-electron chi connectivity index (χ2n) is 3.06. The standard InChI is InChI=1S/C10H17N3O/c1-3-11-9-5-4-6-10(12-9)13(2)7-8-14/h4-6,14H,3,7-8H2,1-2H3,(H,11,12). The van der Waals surface area contributed by atoms with Gasteiger partial charge in [0.05, 0.1) is 6.61 Å². The fourth-order valence-electron chi connectivity index (χ4n) is 1.18. The van der Waals surface area contributed by atoms with Crippen LogP contribution < -0.4 is 10.2 Å². The maximum absolute atomic E-state index is 8.79. The van der Waals surface area contributed by atoms with Gasteiger partial charge in [-0.2, -0.15) is 0 Å². The summed E-state index contributed by atoms with van der Waals surface area (Å²) < 4.78 is 0. The van der Waals surface area contributed by atoms with Crippen LogP contribution in [0.4, 0.5) is 11.6 Å². The third-order valence-electron chi connectivity index (χ3n) is 1.92. The maximum Gasteiger partial charge on any atom is 0.130 e. The Labute approximate surface area is 84.6 Å². The van der Waals surface area contributed by atoms with E-state index in [-0.39, 0.29) is 6.61 Å². The number of aromatic nitrogens is 1. The van der Waals surface area contributed by atoms with E-state index in [0.717, 1.165) is 18.2 Å². The number of nitrogens with zero attached hydrogens (tertiary/aromatic N) is 2. The average molecular weight is 195 g/mol. The van der Waals surface area contributed by atoms with Crippen LogP contribution in [0.25, 0.3) is 0 Å². The fourth-order valence-corrected chi connectivity index (χ4v) is 1.18. The molecule has 0 atom stereocenters. The predicted molar refractivity (Wildman–Crippen MR) is 58.8 cm³/mol. The molecular weight excluding hydrogens is 178 g/mol. The lowest BCUT2D eigenvalue weighted by atomic mass is 10.4. The maximum atomic E-state index is 8.79. The van der Waals surface area contributed by atoms with Gasteiger partial charge >= 0.3 is 0 Å². The van der Waals surface area contributed by atoms with Gasteiger partial charge in [-0.05, 0) is 19.1 Å². The fraction of sp³-hybridized carbons (Fsp3) is 0.500. The zero-order chi connectivity index (χ0) is 10.4. The van der Waals surface area contributed by atoms with Crippen molar-refractivity contribution in [1.82, 2.24) is 4.98 Å². The number of aliphatic hydroxyl groups is 1. The van der Waals surface area contributed by atoms with E-state index >= 15 is 0 Å². The van der Waals surface area contributed by atoms with Gasteiger partial charge in [0.1, 0.15) is 11.6 Å². The van der Waals surface area contributed by atoms with Crippen molar-refractivity contribution in [2.45, 2.75) is 6.92 Å². The minimum absolute atomic E-state index is 0.142. The van der Waals surface area contributed by atoms with Crippen LogP contribution in [0.2, 0.25) is 0 Å². The van der Waals surface area contributed by atoms with E-state index in [2.05, 4.69) is 10.3 Å². The number of pyridine rings is 1. The Morgan fingerprint density at radius 2 is 2.29 bits per heavy atom. The van der Waals surface area contributed by atoms with Crippen LogP contribution in [-0.4, -0.2) is 36.8 Å². The van der Waals surface area contributed by atoms with Crippen molar-refractivity contribution in [1.29, 1.82) is 0 Å². The first-order valence-electron chi connectivity index (χ1n) is 4.81. The summed E-state index contributed by atoms with van der Waals surface area (Å²) in [6, 6.07) is 5.81. The van der Waals surface area contributed by atoms with Gasteiger partial charge in [0.15, 0.2) is 0 Å². The lowest BCUT2D eigenvalue weighted by Crippen LogP contribution is -2.22. The minimum atomic E-state index is 0.142. The number of nitrogens with one attached hydrogen (secondary N) is 1. The third-order valence-corrected chi connectivity index (χ3v) is 1.92. The molecular formula is C10H17N3O. The summed E-state index contributed by atoms with van der Waals surface area (Å²) in [4.78, 5) is 6.30. The molecule has 2 N–H and O–H groups in total. The molecule has 0 spiro atoms. The molecule has 0 aliphatic carbocycles. The Bertz CT molecular complexity index is 278. The summed E-state index contributed by atoms with van der Waals surface area (Å²) in [5.74, 6) is 1.74. The summed E-state index contributed by atoms with van der Waals surface area (Å²) in [7, 11) is 1.91. The SMILES string of the molecule is CCNc1cccc(N(C)CCO)n1. The number of anilines is 2. The van der Waals surface area contributed by atoms with Crippen LogP contribution in [0.15, 0.2) is 18.2 Å². The van der Waals surface area contributed by atoms with Crippen molar-refractivity contribution in [2.24, 2.45) is 0 Å². The van der Waals surface area contributed by atoms with E-state index in [1.165, 1.54) is 0 Å². The summed E-state index contributed by atoms with van der Waals surface area (Å²) in [6.45, 7) is 3.64.